The van der Waals surface area contributed by atoms with Gasteiger partial charge in [0.25, 0.3) is 11.6 Å². The lowest BCUT2D eigenvalue weighted by molar-refractivity contribution is -0.384. The molecule has 0 saturated carbocycles. The summed E-state index contributed by atoms with van der Waals surface area (Å²) < 4.78 is 1.47. The molecule has 8 nitrogen and oxygen atoms in total. The van der Waals surface area contributed by atoms with Crippen molar-refractivity contribution < 1.29 is 14.8 Å². The van der Waals surface area contributed by atoms with Crippen LogP contribution in [0.25, 0.3) is 5.69 Å². The maximum Gasteiger partial charge on any atom is 0.269 e. The summed E-state index contributed by atoms with van der Waals surface area (Å²) >= 11 is 6.35. The molecule has 0 radical (unpaired) electrons. The Hall–Kier alpha value is -3.23. The van der Waals surface area contributed by atoms with E-state index < -0.39 is 16.9 Å². The van der Waals surface area contributed by atoms with Crippen molar-refractivity contribution in [2.75, 3.05) is 6.54 Å². The van der Waals surface area contributed by atoms with Crippen LogP contribution in [0.3, 0.4) is 0 Å². The second kappa shape index (κ2) is 8.20. The number of aliphatic hydroxyl groups excluding tert-OH is 1. The van der Waals surface area contributed by atoms with Crippen molar-refractivity contribution >= 4 is 23.2 Å². The quantitative estimate of drug-likeness (QED) is 0.487. The van der Waals surface area contributed by atoms with Crippen molar-refractivity contribution in [2.24, 2.45) is 0 Å². The van der Waals surface area contributed by atoms with Crippen molar-refractivity contribution in [2.45, 2.75) is 13.0 Å². The molecular formula is C19H17ClN4O4. The minimum atomic E-state index is -1.02. The van der Waals surface area contributed by atoms with E-state index in [1.807, 2.05) is 30.3 Å². The Morgan fingerprint density at radius 2 is 1.89 bits per heavy atom. The number of carbonyl (C=O) groups excluding carboxylic acids is 1. The van der Waals surface area contributed by atoms with E-state index in [1.165, 1.54) is 28.9 Å². The number of hydrogen-bond donors (Lipinski definition) is 2. The Balaban J connectivity index is 1.71. The Kier molecular flexibility index (Phi) is 5.72. The van der Waals surface area contributed by atoms with E-state index in [-0.39, 0.29) is 22.9 Å². The molecule has 1 heterocycles. The van der Waals surface area contributed by atoms with Crippen LogP contribution in [-0.4, -0.2) is 32.3 Å². The number of aryl methyl sites for hydroxylation is 1. The van der Waals surface area contributed by atoms with Crippen LogP contribution < -0.4 is 5.32 Å². The number of hydrogen-bond acceptors (Lipinski definition) is 5. The summed E-state index contributed by atoms with van der Waals surface area (Å²) in [7, 11) is 0. The van der Waals surface area contributed by atoms with Crippen molar-refractivity contribution in [3.8, 4) is 5.69 Å². The van der Waals surface area contributed by atoms with Crippen molar-refractivity contribution in [1.82, 2.24) is 15.1 Å². The highest BCUT2D eigenvalue weighted by atomic mass is 35.5. The number of rotatable bonds is 6. The highest BCUT2D eigenvalue weighted by Crippen LogP contribution is 2.24. The summed E-state index contributed by atoms with van der Waals surface area (Å²) in [5.41, 5.74) is 1.78. The number of carbonyl (C=O) groups is 1. The molecule has 28 heavy (non-hydrogen) atoms. The molecule has 1 atom stereocenters. The summed E-state index contributed by atoms with van der Waals surface area (Å²) in [5, 5.41) is 28.0. The highest BCUT2D eigenvalue weighted by molar-refractivity contribution is 6.33. The topological polar surface area (TPSA) is 110 Å². The number of aliphatic hydroxyl groups is 1. The second-order valence-corrected chi connectivity index (χ2v) is 6.43. The number of halogens is 1. The summed E-state index contributed by atoms with van der Waals surface area (Å²) in [6.07, 6.45) is -1.02. The van der Waals surface area contributed by atoms with Crippen LogP contribution in [0, 0.1) is 17.0 Å². The Morgan fingerprint density at radius 1 is 1.25 bits per heavy atom. The molecule has 144 valence electrons. The molecule has 2 aromatic carbocycles. The predicted octanol–water partition coefficient (Wildman–Crippen LogP) is 3.21. The molecule has 1 amide bonds. The number of nitrogens with one attached hydrogen (secondary N) is 1. The first kappa shape index (κ1) is 19.5. The minimum absolute atomic E-state index is 0.0734. The van der Waals surface area contributed by atoms with Gasteiger partial charge in [-0.3, -0.25) is 14.9 Å². The maximum absolute atomic E-state index is 12.6. The van der Waals surface area contributed by atoms with Crippen molar-refractivity contribution in [1.29, 1.82) is 0 Å². The molecule has 0 bridgehead atoms. The molecule has 0 aliphatic carbocycles. The number of nitro benzene ring substituents is 1. The number of amides is 1. The smallest absolute Gasteiger partial charge is 0.269 e. The fraction of sp³-hybridized carbons (Fsp3) is 0.158. The van der Waals surface area contributed by atoms with Gasteiger partial charge >= 0.3 is 0 Å². The zero-order valence-corrected chi connectivity index (χ0v) is 15.6. The Morgan fingerprint density at radius 3 is 2.50 bits per heavy atom. The number of aromatic nitrogens is 2. The van der Waals surface area contributed by atoms with E-state index in [0.717, 1.165) is 5.69 Å². The van der Waals surface area contributed by atoms with Crippen LogP contribution in [0.1, 0.15) is 27.7 Å². The summed E-state index contributed by atoms with van der Waals surface area (Å²) in [4.78, 5) is 22.7. The van der Waals surface area contributed by atoms with Gasteiger partial charge in [0, 0.05) is 18.7 Å². The number of nitrogens with zero attached hydrogens (tertiary/aromatic N) is 3. The van der Waals surface area contributed by atoms with E-state index in [1.54, 1.807) is 6.92 Å². The summed E-state index contributed by atoms with van der Waals surface area (Å²) in [5.74, 6) is -0.467. The van der Waals surface area contributed by atoms with Crippen LogP contribution in [0.15, 0.2) is 54.6 Å². The first-order valence-corrected chi connectivity index (χ1v) is 8.77. The standard InChI is InChI=1S/C19H17ClN4O4/c1-12-17(18(20)23(22-12)14-5-3-2-4-6-14)19(26)21-11-16(25)13-7-9-15(10-8-13)24(27)28/h2-10,16,25H,11H2,1H3,(H,21,26). The average Bonchev–Trinajstić information content (AvgIpc) is 3.00. The Bertz CT molecular complexity index is 1000. The first-order valence-electron chi connectivity index (χ1n) is 8.39. The SMILES string of the molecule is Cc1nn(-c2ccccc2)c(Cl)c1C(=O)NCC(O)c1ccc([N+](=O)[O-])cc1. The van der Waals surface area contributed by atoms with Gasteiger partial charge in [-0.1, -0.05) is 29.8 Å². The van der Waals surface area contributed by atoms with Crippen molar-refractivity contribution in [3.63, 3.8) is 0 Å². The van der Waals surface area contributed by atoms with Crippen molar-refractivity contribution in [3.05, 3.63) is 86.7 Å². The zero-order chi connectivity index (χ0) is 20.3. The Labute approximate surface area is 165 Å². The highest BCUT2D eigenvalue weighted by Gasteiger charge is 2.22. The summed E-state index contributed by atoms with van der Waals surface area (Å²) in [6, 6.07) is 14.7. The number of non-ortho nitro benzene ring substituents is 1. The molecule has 2 N–H and O–H groups in total. The minimum Gasteiger partial charge on any atom is -0.387 e. The van der Waals surface area contributed by atoms with Crippen LogP contribution in [0.4, 0.5) is 5.69 Å². The normalized spacial score (nSPS) is 11.8. The van der Waals surface area contributed by atoms with Gasteiger partial charge in [0.1, 0.15) is 5.15 Å². The van der Waals surface area contributed by atoms with Gasteiger partial charge in [-0.05, 0) is 36.8 Å². The predicted molar refractivity (Wildman–Crippen MR) is 104 cm³/mol. The molecule has 0 saturated heterocycles. The molecular weight excluding hydrogens is 384 g/mol. The molecule has 0 aliphatic rings. The number of para-hydroxylation sites is 1. The van der Waals surface area contributed by atoms with Gasteiger partial charge in [0.05, 0.1) is 28.0 Å². The lowest BCUT2D eigenvalue weighted by Crippen LogP contribution is -2.28. The van der Waals surface area contributed by atoms with Crippen LogP contribution >= 0.6 is 11.6 Å². The van der Waals surface area contributed by atoms with Gasteiger partial charge < -0.3 is 10.4 Å². The van der Waals surface area contributed by atoms with Gasteiger partial charge in [0.2, 0.25) is 0 Å². The molecule has 0 aliphatic heterocycles. The summed E-state index contributed by atoms with van der Waals surface area (Å²) in [6.45, 7) is 1.59. The molecule has 1 aromatic heterocycles. The van der Waals surface area contributed by atoms with Gasteiger partial charge in [-0.25, -0.2) is 4.68 Å². The van der Waals surface area contributed by atoms with Gasteiger partial charge in [-0.15, -0.1) is 0 Å². The molecule has 0 spiro atoms. The van der Waals surface area contributed by atoms with E-state index in [0.29, 0.717) is 11.3 Å². The number of benzene rings is 2. The monoisotopic (exact) mass is 400 g/mol. The average molecular weight is 401 g/mol. The fourth-order valence-corrected chi connectivity index (χ4v) is 3.07. The van der Waals surface area contributed by atoms with Gasteiger partial charge in [0.15, 0.2) is 0 Å². The third kappa shape index (κ3) is 4.03. The van der Waals surface area contributed by atoms with Crippen LogP contribution in [-0.2, 0) is 0 Å². The zero-order valence-electron chi connectivity index (χ0n) is 14.9. The van der Waals surface area contributed by atoms with E-state index in [4.69, 9.17) is 11.6 Å². The second-order valence-electron chi connectivity index (χ2n) is 6.07. The fourth-order valence-electron chi connectivity index (χ4n) is 2.71. The molecule has 9 heteroatoms. The molecule has 0 fully saturated rings. The van der Waals surface area contributed by atoms with E-state index in [2.05, 4.69) is 10.4 Å². The lowest BCUT2D eigenvalue weighted by Gasteiger charge is -2.12. The lowest BCUT2D eigenvalue weighted by atomic mass is 10.1. The largest absolute Gasteiger partial charge is 0.387 e. The third-order valence-corrected chi connectivity index (χ3v) is 4.53. The van der Waals surface area contributed by atoms with Gasteiger partial charge in [-0.2, -0.15) is 5.10 Å². The molecule has 3 rings (SSSR count). The molecule has 3 aromatic rings. The van der Waals surface area contributed by atoms with E-state index in [9.17, 15) is 20.0 Å². The first-order chi connectivity index (χ1) is 13.4. The third-order valence-electron chi connectivity index (χ3n) is 4.18. The van der Waals surface area contributed by atoms with Crippen LogP contribution in [0.2, 0.25) is 5.15 Å². The molecule has 1 unspecified atom stereocenters. The van der Waals surface area contributed by atoms with Crippen LogP contribution in [0.5, 0.6) is 0 Å². The number of nitro groups is 1. The maximum atomic E-state index is 12.6. The van der Waals surface area contributed by atoms with E-state index >= 15 is 0 Å².